The SMILES string of the molecule is CC[C@@]1(O)C(=O)OCc2c1cc1n(c2=O)Cc2c-1nc1cc(F)c(C)c3c1c2[C@@H](NC(=O)COC[C@@H](NC(=O)[C@@H]1CCCN1C(=O)[C@H](CC(=O)OC(C)(C)C)NC(=O)CCOCCOCCOCCNC(=O)OC(C)(C)C)C(C)C)CC3. The highest BCUT2D eigenvalue weighted by Gasteiger charge is 2.46. The van der Waals surface area contributed by atoms with E-state index in [2.05, 4.69) is 21.3 Å². The maximum atomic E-state index is 15.5. The molecule has 3 aromatic rings. The third-order valence-electron chi connectivity index (χ3n) is 14.8. The second kappa shape index (κ2) is 26.8. The number of nitrogens with one attached hydrogen (secondary N) is 4. The molecule has 82 heavy (non-hydrogen) atoms. The molecule has 0 spiro atoms. The summed E-state index contributed by atoms with van der Waals surface area (Å²) in [6.45, 7) is 18.4. The first-order valence-electron chi connectivity index (χ1n) is 28.2. The van der Waals surface area contributed by atoms with Crippen LogP contribution in [-0.2, 0) is 87.1 Å². The predicted molar refractivity (Wildman–Crippen MR) is 294 cm³/mol. The first kappa shape index (κ1) is 63.0. The Hall–Kier alpha value is -6.60. The summed E-state index contributed by atoms with van der Waals surface area (Å²) < 4.78 is 55.4. The third kappa shape index (κ3) is 15.1. The number of carbonyl (C=O) groups is 7. The Bertz CT molecular complexity index is 2970. The van der Waals surface area contributed by atoms with Crippen LogP contribution in [0.25, 0.3) is 22.3 Å². The lowest BCUT2D eigenvalue weighted by molar-refractivity contribution is -0.172. The second-order valence-corrected chi connectivity index (χ2v) is 23.5. The number of nitrogens with zero attached hydrogens (tertiary/aromatic N) is 3. The molecule has 5 atom stereocenters. The van der Waals surface area contributed by atoms with Crippen molar-refractivity contribution in [3.05, 3.63) is 61.7 Å². The van der Waals surface area contributed by atoms with Crippen LogP contribution in [0.2, 0.25) is 0 Å². The van der Waals surface area contributed by atoms with Crippen molar-refractivity contribution < 1.29 is 76.2 Å². The number of hydrogen-bond donors (Lipinski definition) is 5. The van der Waals surface area contributed by atoms with Gasteiger partial charge in [0.05, 0.1) is 93.8 Å². The summed E-state index contributed by atoms with van der Waals surface area (Å²) in [7, 11) is 0. The maximum absolute atomic E-state index is 15.5. The lowest BCUT2D eigenvalue weighted by Crippen LogP contribution is -2.56. The first-order chi connectivity index (χ1) is 38.7. The molecule has 5 amide bonds. The third-order valence-corrected chi connectivity index (χ3v) is 14.8. The summed E-state index contributed by atoms with van der Waals surface area (Å²) in [6, 6.07) is -0.574. The van der Waals surface area contributed by atoms with Gasteiger partial charge in [-0.15, -0.1) is 0 Å². The van der Waals surface area contributed by atoms with Crippen molar-refractivity contribution in [2.75, 3.05) is 65.9 Å². The molecule has 5 heterocycles. The van der Waals surface area contributed by atoms with Crippen molar-refractivity contribution in [1.82, 2.24) is 35.7 Å². The molecule has 7 rings (SSSR count). The average molecular weight is 1150 g/mol. The van der Waals surface area contributed by atoms with Crippen LogP contribution >= 0.6 is 0 Å². The molecule has 0 unspecified atom stereocenters. The summed E-state index contributed by atoms with van der Waals surface area (Å²) in [4.78, 5) is 113. The van der Waals surface area contributed by atoms with Crippen molar-refractivity contribution in [2.24, 2.45) is 5.92 Å². The number of ether oxygens (including phenoxy) is 7. The Morgan fingerprint density at radius 2 is 1.56 bits per heavy atom. The topological polar surface area (TPSA) is 291 Å². The van der Waals surface area contributed by atoms with Gasteiger partial charge in [-0.25, -0.2) is 19.0 Å². The van der Waals surface area contributed by atoms with Crippen LogP contribution in [0.15, 0.2) is 16.9 Å². The van der Waals surface area contributed by atoms with Gasteiger partial charge in [-0.05, 0) is 109 Å². The minimum absolute atomic E-state index is 0.00764. The van der Waals surface area contributed by atoms with Crippen molar-refractivity contribution in [3.63, 3.8) is 0 Å². The molecule has 3 aliphatic heterocycles. The van der Waals surface area contributed by atoms with Crippen molar-refractivity contribution in [3.8, 4) is 11.4 Å². The average Bonchev–Trinajstić information content (AvgIpc) is 1.71. The Kier molecular flexibility index (Phi) is 20.6. The normalized spacial score (nSPS) is 18.9. The Labute approximate surface area is 476 Å². The van der Waals surface area contributed by atoms with Gasteiger partial charge in [-0.2, -0.15) is 0 Å². The number of fused-ring (bicyclic) bond motifs is 5. The molecule has 4 aliphatic rings. The number of benzene rings is 1. The van der Waals surface area contributed by atoms with E-state index in [1.165, 1.54) is 15.5 Å². The van der Waals surface area contributed by atoms with Crippen LogP contribution < -0.4 is 26.8 Å². The zero-order valence-electron chi connectivity index (χ0n) is 48.8. The van der Waals surface area contributed by atoms with Gasteiger partial charge >= 0.3 is 18.0 Å². The fraction of sp³-hybridized carbons (Fsp3) is 0.638. The monoisotopic (exact) mass is 1150 g/mol. The highest BCUT2D eigenvalue weighted by Crippen LogP contribution is 2.46. The van der Waals surface area contributed by atoms with Gasteiger partial charge in [-0.1, -0.05) is 20.8 Å². The molecular weight excluding hydrogens is 1070 g/mol. The van der Waals surface area contributed by atoms with Crippen LogP contribution in [0, 0.1) is 18.7 Å². The van der Waals surface area contributed by atoms with Gasteiger partial charge in [0, 0.05) is 42.1 Å². The summed E-state index contributed by atoms with van der Waals surface area (Å²) in [5.41, 5.74) is -0.109. The summed E-state index contributed by atoms with van der Waals surface area (Å²) in [5.74, 6) is -4.35. The van der Waals surface area contributed by atoms with E-state index in [0.29, 0.717) is 64.7 Å². The minimum Gasteiger partial charge on any atom is -0.460 e. The summed E-state index contributed by atoms with van der Waals surface area (Å²) in [5, 5.41) is 23.5. The fourth-order valence-electron chi connectivity index (χ4n) is 10.7. The van der Waals surface area contributed by atoms with Gasteiger partial charge in [0.1, 0.15) is 42.3 Å². The second-order valence-electron chi connectivity index (χ2n) is 23.5. The van der Waals surface area contributed by atoms with E-state index in [1.54, 1.807) is 61.5 Å². The Morgan fingerprint density at radius 3 is 2.23 bits per heavy atom. The number of halogens is 1. The van der Waals surface area contributed by atoms with Crippen LogP contribution in [0.4, 0.5) is 9.18 Å². The molecule has 450 valence electrons. The van der Waals surface area contributed by atoms with E-state index in [9.17, 15) is 43.5 Å². The molecule has 23 nitrogen and oxygen atoms in total. The van der Waals surface area contributed by atoms with Crippen molar-refractivity contribution in [2.45, 2.75) is 168 Å². The van der Waals surface area contributed by atoms with Crippen LogP contribution in [-0.4, -0.2) is 156 Å². The highest BCUT2D eigenvalue weighted by atomic mass is 19.1. The number of pyridine rings is 2. The molecule has 1 aromatic carbocycles. The molecule has 1 saturated heterocycles. The molecule has 0 bridgehead atoms. The number of carbonyl (C=O) groups excluding carboxylic acids is 7. The smallest absolute Gasteiger partial charge is 0.407 e. The number of aliphatic hydroxyl groups is 1. The van der Waals surface area contributed by atoms with Gasteiger partial charge in [-0.3, -0.25) is 28.8 Å². The number of likely N-dealkylation sites (tertiary alicyclic amines) is 1. The number of aromatic nitrogens is 2. The van der Waals surface area contributed by atoms with E-state index in [4.69, 9.17) is 38.1 Å². The molecule has 2 aromatic heterocycles. The van der Waals surface area contributed by atoms with E-state index in [0.717, 1.165) is 5.56 Å². The molecular formula is C58H80FN7O16. The lowest BCUT2D eigenvalue weighted by Gasteiger charge is -2.31. The number of cyclic esters (lactones) is 1. The van der Waals surface area contributed by atoms with Gasteiger partial charge in [0.25, 0.3) is 5.56 Å². The van der Waals surface area contributed by atoms with Gasteiger partial charge < -0.3 is 69.0 Å². The molecule has 5 N–H and O–H groups in total. The summed E-state index contributed by atoms with van der Waals surface area (Å²) >= 11 is 0. The van der Waals surface area contributed by atoms with Crippen molar-refractivity contribution in [1.29, 1.82) is 0 Å². The highest BCUT2D eigenvalue weighted by molar-refractivity contribution is 5.96. The number of alkyl carbamates (subject to hydrolysis) is 1. The van der Waals surface area contributed by atoms with E-state index in [-0.39, 0.29) is 102 Å². The van der Waals surface area contributed by atoms with Crippen LogP contribution in [0.1, 0.15) is 140 Å². The largest absolute Gasteiger partial charge is 0.460 e. The van der Waals surface area contributed by atoms with Crippen LogP contribution in [0.3, 0.4) is 0 Å². The van der Waals surface area contributed by atoms with Gasteiger partial charge in [0.15, 0.2) is 5.60 Å². The molecule has 0 saturated carbocycles. The predicted octanol–water partition coefficient (Wildman–Crippen LogP) is 3.96. The minimum atomic E-state index is -2.05. The van der Waals surface area contributed by atoms with E-state index < -0.39 is 107 Å². The lowest BCUT2D eigenvalue weighted by atomic mass is 9.81. The van der Waals surface area contributed by atoms with E-state index >= 15 is 4.39 Å². The summed E-state index contributed by atoms with van der Waals surface area (Å²) in [6.07, 6.45) is 0.407. The first-order valence-corrected chi connectivity index (χ1v) is 28.2. The number of esters is 2. The molecule has 1 aliphatic carbocycles. The zero-order valence-corrected chi connectivity index (χ0v) is 48.8. The maximum Gasteiger partial charge on any atom is 0.407 e. The Balaban J connectivity index is 0.929. The van der Waals surface area contributed by atoms with Gasteiger partial charge in [0.2, 0.25) is 23.6 Å². The molecule has 24 heteroatoms. The number of hydrogen-bond acceptors (Lipinski definition) is 17. The quantitative estimate of drug-likeness (QED) is 0.0357. The van der Waals surface area contributed by atoms with E-state index in [1.807, 2.05) is 13.8 Å². The fourth-order valence-corrected chi connectivity index (χ4v) is 10.7. The zero-order chi connectivity index (χ0) is 59.8. The number of rotatable bonds is 25. The van der Waals surface area contributed by atoms with Crippen LogP contribution in [0.5, 0.6) is 0 Å². The standard InChI is InChI=1S/C58H80FN7O16/c1-11-58(75)37-25-44-50-35(28-66(44)52(71)36(37)29-80-54(58)73)49-39(15-14-34-33(4)38(59)26-40(63-50)48(34)49)61-46(68)31-79-30-42(32(2)3)64-51(70)43-13-12-18-65(43)53(72)41(27-47(69)81-56(5,6)7)62-45(67)16-19-76-21-23-78-24-22-77-20-17-60-55(74)82-57(8,9)10/h25-26,32,39,41-43,75H,11-24,27-31H2,1-10H3,(H,60,74)(H,61,68)(H,62,67)(H,64,70)/t39-,41-,42+,43-,58-/m0/s1. The number of amides is 5. The molecule has 1 fully saturated rings. The number of aryl methyl sites for hydroxylation is 1. The van der Waals surface area contributed by atoms with Crippen molar-refractivity contribution >= 4 is 52.6 Å². The molecule has 0 radical (unpaired) electrons. The Morgan fingerprint density at radius 1 is 0.878 bits per heavy atom.